The first-order valence-electron chi connectivity index (χ1n) is 14.3. The van der Waals surface area contributed by atoms with Gasteiger partial charge in [0.25, 0.3) is 5.91 Å². The third-order valence-corrected chi connectivity index (χ3v) is 6.53. The smallest absolute Gasteiger partial charge is 0.350 e. The summed E-state index contributed by atoms with van der Waals surface area (Å²) in [6.45, 7) is 2.46. The van der Waals surface area contributed by atoms with Gasteiger partial charge in [-0.05, 0) is 41.8 Å². The van der Waals surface area contributed by atoms with Crippen LogP contribution in [0.3, 0.4) is 0 Å². The van der Waals surface area contributed by atoms with E-state index in [9.17, 15) is 24.0 Å². The fraction of sp³-hybridized carbons (Fsp3) is 0.200. The molecular formula is C30H36N12O5. The van der Waals surface area contributed by atoms with Crippen molar-refractivity contribution >= 4 is 40.8 Å². The normalized spacial score (nSPS) is 10.8. The highest BCUT2D eigenvalue weighted by Gasteiger charge is 2.29. The summed E-state index contributed by atoms with van der Waals surface area (Å²) in [5, 5.41) is 4.59. The Morgan fingerprint density at radius 1 is 0.723 bits per heavy atom. The zero-order valence-corrected chi connectivity index (χ0v) is 25.7. The molecular weight excluding hydrogens is 608 g/mol. The SMILES string of the molecule is CC(C)(N)C(=O)NN(Cc1cnc[nH]1)C(=O)NN(Cc1ccc2ccccc2c1)C(=O)NN(Cc1ccccc1)C(=O)NNC(N)=O. The molecule has 0 aliphatic heterocycles. The Balaban J connectivity index is 1.63. The fourth-order valence-electron chi connectivity index (χ4n) is 4.11. The van der Waals surface area contributed by atoms with Crippen LogP contribution >= 0.6 is 0 Å². The summed E-state index contributed by atoms with van der Waals surface area (Å²) in [6.07, 6.45) is 2.86. The molecule has 9 amide bonds. The number of aromatic amines is 1. The van der Waals surface area contributed by atoms with Gasteiger partial charge in [0.15, 0.2) is 0 Å². The molecule has 0 saturated heterocycles. The number of benzene rings is 3. The van der Waals surface area contributed by atoms with E-state index >= 15 is 0 Å². The number of aromatic nitrogens is 2. The van der Waals surface area contributed by atoms with Crippen molar-refractivity contribution in [2.24, 2.45) is 11.5 Å². The number of fused-ring (bicyclic) bond motifs is 1. The minimum atomic E-state index is -1.35. The third-order valence-electron chi connectivity index (χ3n) is 6.53. The average molecular weight is 645 g/mol. The summed E-state index contributed by atoms with van der Waals surface area (Å²) in [4.78, 5) is 71.3. The van der Waals surface area contributed by atoms with E-state index in [1.165, 1.54) is 26.4 Å². The number of hydrazine groups is 4. The van der Waals surface area contributed by atoms with Gasteiger partial charge in [0.1, 0.15) is 0 Å². The summed E-state index contributed by atoms with van der Waals surface area (Å²) in [7, 11) is 0. The van der Waals surface area contributed by atoms with Crippen LogP contribution in [-0.4, -0.2) is 60.6 Å². The van der Waals surface area contributed by atoms with Crippen LogP contribution < -0.4 is 38.6 Å². The number of urea groups is 4. The van der Waals surface area contributed by atoms with E-state index in [2.05, 4.69) is 31.7 Å². The largest absolute Gasteiger partial charge is 0.355 e. The first-order chi connectivity index (χ1) is 22.4. The van der Waals surface area contributed by atoms with E-state index in [4.69, 9.17) is 11.5 Å². The van der Waals surface area contributed by atoms with Crippen molar-refractivity contribution in [3.8, 4) is 0 Å². The molecule has 0 aliphatic carbocycles. The lowest BCUT2D eigenvalue weighted by Gasteiger charge is -2.32. The van der Waals surface area contributed by atoms with E-state index < -0.39 is 35.6 Å². The van der Waals surface area contributed by atoms with Crippen LogP contribution in [0.15, 0.2) is 85.3 Å². The molecule has 0 spiro atoms. The Hall–Kier alpha value is -6.36. The number of hydrogen-bond acceptors (Lipinski definition) is 7. The minimum Gasteiger partial charge on any atom is -0.350 e. The number of nitrogens with zero attached hydrogens (tertiary/aromatic N) is 4. The number of imidazole rings is 1. The van der Waals surface area contributed by atoms with Gasteiger partial charge in [-0.25, -0.2) is 60.9 Å². The van der Waals surface area contributed by atoms with E-state index in [1.54, 1.807) is 36.4 Å². The number of amides is 9. The predicted molar refractivity (Wildman–Crippen MR) is 170 cm³/mol. The molecule has 17 heteroatoms. The lowest BCUT2D eigenvalue weighted by Crippen LogP contribution is -2.63. The summed E-state index contributed by atoms with van der Waals surface area (Å²) in [5.74, 6) is -0.676. The Labute approximate surface area is 269 Å². The number of rotatable bonds is 7. The van der Waals surface area contributed by atoms with Gasteiger partial charge in [-0.1, -0.05) is 66.7 Å². The number of nitrogens with one attached hydrogen (secondary N) is 6. The molecule has 0 saturated carbocycles. The third kappa shape index (κ3) is 9.82. The first kappa shape index (κ1) is 33.5. The van der Waals surface area contributed by atoms with Crippen LogP contribution in [0.5, 0.6) is 0 Å². The molecule has 0 unspecified atom stereocenters. The highest BCUT2D eigenvalue weighted by molar-refractivity contribution is 5.88. The predicted octanol–water partition coefficient (Wildman–Crippen LogP) is 1.68. The number of primary amides is 1. The lowest BCUT2D eigenvalue weighted by molar-refractivity contribution is -0.129. The Bertz CT molecular complexity index is 1710. The molecule has 4 aromatic rings. The monoisotopic (exact) mass is 644 g/mol. The van der Waals surface area contributed by atoms with Crippen molar-refractivity contribution in [2.45, 2.75) is 39.0 Å². The van der Waals surface area contributed by atoms with Crippen LogP contribution in [0.25, 0.3) is 10.8 Å². The van der Waals surface area contributed by atoms with Crippen LogP contribution in [0.2, 0.25) is 0 Å². The number of carbonyl (C=O) groups is 5. The van der Waals surface area contributed by atoms with E-state index in [1.807, 2.05) is 41.8 Å². The molecule has 0 fully saturated rings. The van der Waals surface area contributed by atoms with Crippen LogP contribution in [-0.2, 0) is 24.4 Å². The van der Waals surface area contributed by atoms with Crippen molar-refractivity contribution < 1.29 is 24.0 Å². The number of hydrogen-bond donors (Lipinski definition) is 8. The maximum atomic E-state index is 13.8. The van der Waals surface area contributed by atoms with Gasteiger partial charge in [0.05, 0.1) is 37.2 Å². The van der Waals surface area contributed by atoms with Crippen LogP contribution in [0.1, 0.15) is 30.7 Å². The molecule has 3 aromatic carbocycles. The maximum Gasteiger partial charge on any atom is 0.355 e. The zero-order chi connectivity index (χ0) is 34.0. The van der Waals surface area contributed by atoms with Gasteiger partial charge in [0, 0.05) is 6.20 Å². The summed E-state index contributed by atoms with van der Waals surface area (Å²) in [5.41, 5.74) is 22.9. The van der Waals surface area contributed by atoms with Crippen LogP contribution in [0.4, 0.5) is 19.2 Å². The average Bonchev–Trinajstić information content (AvgIpc) is 3.55. The van der Waals surface area contributed by atoms with Crippen molar-refractivity contribution in [1.82, 2.24) is 52.1 Å². The topological polar surface area (TPSA) is 236 Å². The lowest BCUT2D eigenvalue weighted by atomic mass is 10.1. The Morgan fingerprint density at radius 3 is 1.94 bits per heavy atom. The zero-order valence-electron chi connectivity index (χ0n) is 25.7. The van der Waals surface area contributed by atoms with Crippen molar-refractivity contribution in [3.05, 3.63) is 102 Å². The molecule has 4 rings (SSSR count). The molecule has 10 N–H and O–H groups in total. The number of nitrogens with two attached hydrogens (primary N) is 2. The van der Waals surface area contributed by atoms with Gasteiger partial charge in [0.2, 0.25) is 0 Å². The summed E-state index contributed by atoms with van der Waals surface area (Å²) >= 11 is 0. The molecule has 1 heterocycles. The van der Waals surface area contributed by atoms with Crippen molar-refractivity contribution in [2.75, 3.05) is 0 Å². The second-order valence-electron chi connectivity index (χ2n) is 10.9. The summed E-state index contributed by atoms with van der Waals surface area (Å²) in [6, 6.07) is 18.0. The van der Waals surface area contributed by atoms with Crippen molar-refractivity contribution in [1.29, 1.82) is 0 Å². The summed E-state index contributed by atoms with van der Waals surface area (Å²) < 4.78 is 0. The Kier molecular flexibility index (Phi) is 10.8. The van der Waals surface area contributed by atoms with E-state index in [-0.39, 0.29) is 19.6 Å². The van der Waals surface area contributed by atoms with E-state index in [0.717, 1.165) is 25.8 Å². The molecule has 0 aliphatic rings. The molecule has 246 valence electrons. The van der Waals surface area contributed by atoms with Gasteiger partial charge < -0.3 is 16.5 Å². The molecule has 17 nitrogen and oxygen atoms in total. The van der Waals surface area contributed by atoms with Gasteiger partial charge in [-0.15, -0.1) is 0 Å². The standard InChI is InChI=1S/C30H36N12O5/c1-30(2,32)25(43)37-42(18-24-15-33-19-34-24)29(47)39-41(17-21-12-13-22-10-6-7-11-23(22)14-21)28(46)38-40(27(45)36-35-26(31)44)16-20-8-4-3-5-9-20/h3-15,19H,16-18,32H2,1-2H3,(H,33,34)(H,36,45)(H,37,43)(H,38,46)(H,39,47)(H3,31,35,44). The molecule has 0 bridgehead atoms. The van der Waals surface area contributed by atoms with Gasteiger partial charge >= 0.3 is 24.1 Å². The molecule has 1 aromatic heterocycles. The fourth-order valence-corrected chi connectivity index (χ4v) is 4.11. The molecule has 0 atom stereocenters. The second kappa shape index (κ2) is 15.1. The number of H-pyrrole nitrogens is 1. The van der Waals surface area contributed by atoms with E-state index in [0.29, 0.717) is 16.8 Å². The Morgan fingerprint density at radius 2 is 1.32 bits per heavy atom. The number of carbonyl (C=O) groups excluding carboxylic acids is 5. The maximum absolute atomic E-state index is 13.8. The molecule has 47 heavy (non-hydrogen) atoms. The van der Waals surface area contributed by atoms with Crippen LogP contribution in [0, 0.1) is 0 Å². The van der Waals surface area contributed by atoms with Crippen molar-refractivity contribution in [3.63, 3.8) is 0 Å². The quantitative estimate of drug-likeness (QED) is 0.138. The van der Waals surface area contributed by atoms with Gasteiger partial charge in [-0.3, -0.25) is 10.2 Å². The highest BCUT2D eigenvalue weighted by Crippen LogP contribution is 2.17. The van der Waals surface area contributed by atoms with Gasteiger partial charge in [-0.2, -0.15) is 0 Å². The molecule has 0 radical (unpaired) electrons. The second-order valence-corrected chi connectivity index (χ2v) is 10.9. The minimum absolute atomic E-state index is 0.135. The first-order valence-corrected chi connectivity index (χ1v) is 14.3. The highest BCUT2D eigenvalue weighted by atomic mass is 16.2.